The van der Waals surface area contributed by atoms with E-state index in [-0.39, 0.29) is 6.61 Å². The van der Waals surface area contributed by atoms with Crippen molar-refractivity contribution >= 4 is 6.29 Å². The van der Waals surface area contributed by atoms with Crippen molar-refractivity contribution in [1.82, 2.24) is 0 Å². The Labute approximate surface area is 77.5 Å². The van der Waals surface area contributed by atoms with E-state index in [1.807, 2.05) is 13.0 Å². The van der Waals surface area contributed by atoms with Crippen molar-refractivity contribution in [1.29, 1.82) is 0 Å². The quantitative estimate of drug-likeness (QED) is 0.516. The van der Waals surface area contributed by atoms with E-state index in [1.165, 1.54) is 0 Å². The molecule has 0 aromatic heterocycles. The minimum atomic E-state index is 0.225. The van der Waals surface area contributed by atoms with Gasteiger partial charge < -0.3 is 4.74 Å². The lowest BCUT2D eigenvalue weighted by Gasteiger charge is -2.05. The van der Waals surface area contributed by atoms with Gasteiger partial charge in [-0.3, -0.25) is 4.79 Å². The molecule has 1 aromatic rings. The minimum absolute atomic E-state index is 0.225. The van der Waals surface area contributed by atoms with Crippen molar-refractivity contribution in [3.8, 4) is 18.1 Å². The predicted molar refractivity (Wildman–Crippen MR) is 50.9 cm³/mol. The van der Waals surface area contributed by atoms with Crippen molar-refractivity contribution in [3.05, 3.63) is 29.3 Å². The zero-order chi connectivity index (χ0) is 9.68. The van der Waals surface area contributed by atoms with Crippen LogP contribution in [0.25, 0.3) is 0 Å². The Morgan fingerprint density at radius 1 is 1.62 bits per heavy atom. The second-order valence-corrected chi connectivity index (χ2v) is 2.64. The first-order valence-electron chi connectivity index (χ1n) is 3.90. The van der Waals surface area contributed by atoms with Gasteiger partial charge in [-0.25, -0.2) is 0 Å². The fourth-order valence-corrected chi connectivity index (χ4v) is 0.965. The molecule has 0 fully saturated rings. The van der Waals surface area contributed by atoms with Crippen molar-refractivity contribution in [2.45, 2.75) is 6.92 Å². The maximum Gasteiger partial charge on any atom is 0.150 e. The van der Waals surface area contributed by atoms with Crippen molar-refractivity contribution in [3.63, 3.8) is 0 Å². The summed E-state index contributed by atoms with van der Waals surface area (Å²) < 4.78 is 5.23. The molecule has 2 nitrogen and oxygen atoms in total. The van der Waals surface area contributed by atoms with Gasteiger partial charge in [0.15, 0.2) is 0 Å². The standard InChI is InChI=1S/C11H10O2/c1-3-6-13-11-7-10(8-12)5-4-9(11)2/h1,4-5,7-8H,6H2,2H3. The second-order valence-electron chi connectivity index (χ2n) is 2.64. The molecular weight excluding hydrogens is 164 g/mol. The third kappa shape index (κ3) is 2.34. The van der Waals surface area contributed by atoms with E-state index in [0.717, 1.165) is 11.8 Å². The number of aryl methyl sites for hydroxylation is 1. The zero-order valence-corrected chi connectivity index (χ0v) is 7.41. The fraction of sp³-hybridized carbons (Fsp3) is 0.182. The Balaban J connectivity index is 2.91. The first kappa shape index (κ1) is 9.34. The number of carbonyl (C=O) groups is 1. The molecule has 0 radical (unpaired) electrons. The highest BCUT2D eigenvalue weighted by Crippen LogP contribution is 2.18. The molecule has 2 heteroatoms. The van der Waals surface area contributed by atoms with Gasteiger partial charge in [-0.2, -0.15) is 0 Å². The lowest BCUT2D eigenvalue weighted by atomic mass is 10.1. The SMILES string of the molecule is C#CCOc1cc(C=O)ccc1C. The molecule has 0 saturated heterocycles. The van der Waals surface area contributed by atoms with Gasteiger partial charge in [0, 0.05) is 5.56 Å². The van der Waals surface area contributed by atoms with Crippen LogP contribution in [-0.4, -0.2) is 12.9 Å². The maximum atomic E-state index is 10.4. The first-order chi connectivity index (χ1) is 6.27. The van der Waals surface area contributed by atoms with E-state index >= 15 is 0 Å². The lowest BCUT2D eigenvalue weighted by Crippen LogP contribution is -1.96. The molecule has 0 bridgehead atoms. The van der Waals surface area contributed by atoms with Crippen molar-refractivity contribution in [2.24, 2.45) is 0 Å². The second kappa shape index (κ2) is 4.32. The average molecular weight is 174 g/mol. The van der Waals surface area contributed by atoms with Crippen LogP contribution in [0, 0.1) is 19.3 Å². The summed E-state index contributed by atoms with van der Waals surface area (Å²) in [6.07, 6.45) is 5.83. The number of benzene rings is 1. The highest BCUT2D eigenvalue weighted by molar-refractivity contribution is 5.75. The lowest BCUT2D eigenvalue weighted by molar-refractivity contribution is 0.112. The maximum absolute atomic E-state index is 10.4. The molecule has 0 heterocycles. The molecule has 0 aliphatic carbocycles. The summed E-state index contributed by atoms with van der Waals surface area (Å²) in [6.45, 7) is 2.13. The van der Waals surface area contributed by atoms with Crippen LogP contribution in [0.1, 0.15) is 15.9 Å². The van der Waals surface area contributed by atoms with Gasteiger partial charge in [-0.15, -0.1) is 6.42 Å². The van der Waals surface area contributed by atoms with Crippen LogP contribution < -0.4 is 4.74 Å². The highest BCUT2D eigenvalue weighted by Gasteiger charge is 1.99. The summed E-state index contributed by atoms with van der Waals surface area (Å²) in [6, 6.07) is 5.25. The van der Waals surface area contributed by atoms with Crippen LogP contribution in [0.15, 0.2) is 18.2 Å². The molecule has 0 atom stereocenters. The van der Waals surface area contributed by atoms with Crippen LogP contribution >= 0.6 is 0 Å². The summed E-state index contributed by atoms with van der Waals surface area (Å²) in [5, 5.41) is 0. The summed E-state index contributed by atoms with van der Waals surface area (Å²) in [7, 11) is 0. The third-order valence-electron chi connectivity index (χ3n) is 1.66. The Morgan fingerprint density at radius 2 is 2.38 bits per heavy atom. The Kier molecular flexibility index (Phi) is 3.10. The smallest absolute Gasteiger partial charge is 0.150 e. The molecule has 0 N–H and O–H groups in total. The fourth-order valence-electron chi connectivity index (χ4n) is 0.965. The molecule has 1 aromatic carbocycles. The van der Waals surface area contributed by atoms with Gasteiger partial charge in [0.1, 0.15) is 18.6 Å². The molecule has 0 unspecified atom stereocenters. The Bertz CT molecular complexity index is 348. The number of terminal acetylenes is 1. The molecule has 66 valence electrons. The normalized spacial score (nSPS) is 8.92. The Hall–Kier alpha value is -1.75. The number of hydrogen-bond acceptors (Lipinski definition) is 2. The van der Waals surface area contributed by atoms with Crippen molar-refractivity contribution in [2.75, 3.05) is 6.61 Å². The number of carbonyl (C=O) groups excluding carboxylic acids is 1. The number of hydrogen-bond donors (Lipinski definition) is 0. The van der Waals surface area contributed by atoms with Gasteiger partial charge >= 0.3 is 0 Å². The van der Waals surface area contributed by atoms with Crippen molar-refractivity contribution < 1.29 is 9.53 Å². The van der Waals surface area contributed by atoms with Gasteiger partial charge in [0.05, 0.1) is 0 Å². The molecule has 13 heavy (non-hydrogen) atoms. The number of ether oxygens (including phenoxy) is 1. The van der Waals surface area contributed by atoms with Gasteiger partial charge in [0.2, 0.25) is 0 Å². The predicted octanol–water partition coefficient (Wildman–Crippen LogP) is 1.82. The summed E-state index contributed by atoms with van der Waals surface area (Å²) >= 11 is 0. The van der Waals surface area contributed by atoms with Gasteiger partial charge in [-0.05, 0) is 18.6 Å². The van der Waals surface area contributed by atoms with E-state index in [0.29, 0.717) is 11.3 Å². The minimum Gasteiger partial charge on any atom is -0.481 e. The highest BCUT2D eigenvalue weighted by atomic mass is 16.5. The van der Waals surface area contributed by atoms with Crippen LogP contribution in [0.4, 0.5) is 0 Å². The average Bonchev–Trinajstić information content (AvgIpc) is 2.17. The molecule has 0 saturated carbocycles. The van der Waals surface area contributed by atoms with E-state index < -0.39 is 0 Å². The largest absolute Gasteiger partial charge is 0.481 e. The summed E-state index contributed by atoms with van der Waals surface area (Å²) in [5.74, 6) is 3.04. The molecule has 1 rings (SSSR count). The first-order valence-corrected chi connectivity index (χ1v) is 3.90. The van der Waals surface area contributed by atoms with Crippen LogP contribution in [0.3, 0.4) is 0 Å². The molecule has 0 amide bonds. The van der Waals surface area contributed by atoms with E-state index in [9.17, 15) is 4.79 Å². The van der Waals surface area contributed by atoms with Crippen LogP contribution in [-0.2, 0) is 0 Å². The summed E-state index contributed by atoms with van der Waals surface area (Å²) in [4.78, 5) is 10.4. The monoisotopic (exact) mass is 174 g/mol. The topological polar surface area (TPSA) is 26.3 Å². The Morgan fingerprint density at radius 3 is 3.00 bits per heavy atom. The van der Waals surface area contributed by atoms with E-state index in [2.05, 4.69) is 5.92 Å². The number of rotatable bonds is 3. The third-order valence-corrected chi connectivity index (χ3v) is 1.66. The van der Waals surface area contributed by atoms with Crippen LogP contribution in [0.2, 0.25) is 0 Å². The van der Waals surface area contributed by atoms with E-state index in [1.54, 1.807) is 12.1 Å². The van der Waals surface area contributed by atoms with Crippen LogP contribution in [0.5, 0.6) is 5.75 Å². The zero-order valence-electron chi connectivity index (χ0n) is 7.41. The number of aldehydes is 1. The molecule has 0 aliphatic rings. The molecule has 0 spiro atoms. The van der Waals surface area contributed by atoms with Gasteiger partial charge in [-0.1, -0.05) is 18.1 Å². The molecular formula is C11H10O2. The summed E-state index contributed by atoms with van der Waals surface area (Å²) in [5.41, 5.74) is 1.57. The molecule has 0 aliphatic heterocycles. The van der Waals surface area contributed by atoms with E-state index in [4.69, 9.17) is 11.2 Å². The van der Waals surface area contributed by atoms with Gasteiger partial charge in [0.25, 0.3) is 0 Å².